The fourth-order valence-electron chi connectivity index (χ4n) is 1.99. The van der Waals surface area contributed by atoms with Crippen LogP contribution in [0.1, 0.15) is 23.8 Å². The highest BCUT2D eigenvalue weighted by molar-refractivity contribution is 9.10. The third kappa shape index (κ3) is 2.88. The van der Waals surface area contributed by atoms with Crippen LogP contribution in [0.2, 0.25) is 0 Å². The molecule has 0 N–H and O–H groups in total. The Labute approximate surface area is 118 Å². The number of hydrogen-bond donors (Lipinski definition) is 0. The van der Waals surface area contributed by atoms with E-state index in [1.54, 1.807) is 6.20 Å². The van der Waals surface area contributed by atoms with Crippen LogP contribution in [0.4, 0.5) is 0 Å². The first-order valence-electron chi connectivity index (χ1n) is 5.63. The third-order valence-electron chi connectivity index (χ3n) is 3.05. The summed E-state index contributed by atoms with van der Waals surface area (Å²) in [6, 6.07) is 3.66. The molecule has 17 heavy (non-hydrogen) atoms. The van der Waals surface area contributed by atoms with Gasteiger partial charge in [0.15, 0.2) is 0 Å². The van der Waals surface area contributed by atoms with Gasteiger partial charge in [-0.3, -0.25) is 4.79 Å². The fraction of sp³-hybridized carbons (Fsp3) is 0.500. The maximum Gasteiger partial charge on any atom is 0.273 e. The van der Waals surface area contributed by atoms with E-state index in [-0.39, 0.29) is 5.91 Å². The van der Waals surface area contributed by atoms with Crippen LogP contribution >= 0.6 is 31.9 Å². The number of hydrogen-bond acceptors (Lipinski definition) is 2. The van der Waals surface area contributed by atoms with Crippen molar-refractivity contribution in [1.29, 1.82) is 0 Å². The molecule has 3 nitrogen and oxygen atoms in total. The minimum atomic E-state index is 0.0173. The van der Waals surface area contributed by atoms with Gasteiger partial charge in [0.25, 0.3) is 5.91 Å². The first kappa shape index (κ1) is 13.0. The second-order valence-electron chi connectivity index (χ2n) is 4.37. The van der Waals surface area contributed by atoms with Crippen LogP contribution in [-0.4, -0.2) is 33.7 Å². The van der Waals surface area contributed by atoms with Gasteiger partial charge < -0.3 is 4.90 Å². The Balaban J connectivity index is 2.14. The first-order chi connectivity index (χ1) is 8.09. The summed E-state index contributed by atoms with van der Waals surface area (Å²) >= 11 is 7.01. The molecule has 1 saturated heterocycles. The van der Waals surface area contributed by atoms with Crippen LogP contribution < -0.4 is 0 Å². The smallest absolute Gasteiger partial charge is 0.273 e. The number of halogens is 2. The number of aromatic nitrogens is 1. The molecule has 0 spiro atoms. The first-order valence-corrected chi connectivity index (χ1v) is 7.34. The molecule has 2 atom stereocenters. The molecule has 0 aliphatic carbocycles. The highest BCUT2D eigenvalue weighted by Gasteiger charge is 2.28. The fourth-order valence-corrected chi connectivity index (χ4v) is 2.79. The van der Waals surface area contributed by atoms with E-state index in [9.17, 15) is 4.79 Å². The molecule has 0 saturated carbocycles. The number of pyridine rings is 1. The zero-order valence-electron chi connectivity index (χ0n) is 9.57. The van der Waals surface area contributed by atoms with Gasteiger partial charge in [-0.1, -0.05) is 22.9 Å². The summed E-state index contributed by atoms with van der Waals surface area (Å²) in [4.78, 5) is 18.8. The Kier molecular flexibility index (Phi) is 4.20. The lowest BCUT2D eigenvalue weighted by Gasteiger charge is -2.34. The summed E-state index contributed by atoms with van der Waals surface area (Å²) in [6.45, 7) is 3.74. The van der Waals surface area contributed by atoms with Crippen molar-refractivity contribution in [3.63, 3.8) is 0 Å². The van der Waals surface area contributed by atoms with Crippen molar-refractivity contribution in [2.45, 2.75) is 18.2 Å². The maximum atomic E-state index is 12.3. The van der Waals surface area contributed by atoms with Crippen molar-refractivity contribution in [3.8, 4) is 0 Å². The Bertz CT molecular complexity index is 425. The van der Waals surface area contributed by atoms with Gasteiger partial charge in [0, 0.05) is 28.6 Å². The Morgan fingerprint density at radius 2 is 2.35 bits per heavy atom. The number of likely N-dealkylation sites (tertiary alicyclic amines) is 1. The van der Waals surface area contributed by atoms with Crippen LogP contribution in [0.25, 0.3) is 0 Å². The molecule has 0 radical (unpaired) electrons. The Hall–Kier alpha value is -0.420. The average Bonchev–Trinajstić information content (AvgIpc) is 2.32. The SMILES string of the molecule is CC1CN(C(=O)c2ncccc2Br)CCC1Br. The van der Waals surface area contributed by atoms with Gasteiger partial charge in [0.1, 0.15) is 5.69 Å². The van der Waals surface area contributed by atoms with Crippen molar-refractivity contribution < 1.29 is 4.79 Å². The lowest BCUT2D eigenvalue weighted by molar-refractivity contribution is 0.0683. The quantitative estimate of drug-likeness (QED) is 0.720. The summed E-state index contributed by atoms with van der Waals surface area (Å²) in [6.07, 6.45) is 2.65. The predicted octanol–water partition coefficient (Wildman–Crippen LogP) is 3.09. The number of carbonyl (C=O) groups excluding carboxylic acids is 1. The van der Waals surface area contributed by atoms with E-state index in [2.05, 4.69) is 43.8 Å². The normalized spacial score (nSPS) is 24.8. The summed E-state index contributed by atoms with van der Waals surface area (Å²) in [5.74, 6) is 0.499. The van der Waals surface area contributed by atoms with Crippen LogP contribution in [-0.2, 0) is 0 Å². The van der Waals surface area contributed by atoms with Crippen LogP contribution in [0, 0.1) is 5.92 Å². The van der Waals surface area contributed by atoms with Crippen LogP contribution in [0.5, 0.6) is 0 Å². The van der Waals surface area contributed by atoms with Crippen molar-refractivity contribution in [3.05, 3.63) is 28.5 Å². The van der Waals surface area contributed by atoms with E-state index in [0.29, 0.717) is 16.4 Å². The van der Waals surface area contributed by atoms with E-state index in [1.165, 1.54) is 0 Å². The molecule has 1 fully saturated rings. The summed E-state index contributed by atoms with van der Waals surface area (Å²) < 4.78 is 0.763. The second kappa shape index (κ2) is 5.48. The average molecular weight is 362 g/mol. The number of alkyl halides is 1. The largest absolute Gasteiger partial charge is 0.337 e. The highest BCUT2D eigenvalue weighted by atomic mass is 79.9. The van der Waals surface area contributed by atoms with Gasteiger partial charge in [-0.05, 0) is 40.4 Å². The minimum Gasteiger partial charge on any atom is -0.337 e. The lowest BCUT2D eigenvalue weighted by Crippen LogP contribution is -2.43. The second-order valence-corrected chi connectivity index (χ2v) is 6.40. The maximum absolute atomic E-state index is 12.3. The van der Waals surface area contributed by atoms with Crippen LogP contribution in [0.3, 0.4) is 0 Å². The molecular weight excluding hydrogens is 348 g/mol. The summed E-state index contributed by atoms with van der Waals surface area (Å²) in [5, 5.41) is 0. The van der Waals surface area contributed by atoms with E-state index in [4.69, 9.17) is 0 Å². The van der Waals surface area contributed by atoms with E-state index in [0.717, 1.165) is 24.0 Å². The van der Waals surface area contributed by atoms with Crippen molar-refractivity contribution in [1.82, 2.24) is 9.88 Å². The summed E-state index contributed by atoms with van der Waals surface area (Å²) in [7, 11) is 0. The lowest BCUT2D eigenvalue weighted by atomic mass is 10.00. The van der Waals surface area contributed by atoms with Gasteiger partial charge in [-0.15, -0.1) is 0 Å². The van der Waals surface area contributed by atoms with Gasteiger partial charge >= 0.3 is 0 Å². The van der Waals surface area contributed by atoms with E-state index < -0.39 is 0 Å². The summed E-state index contributed by atoms with van der Waals surface area (Å²) in [5.41, 5.74) is 0.507. The zero-order chi connectivity index (χ0) is 12.4. The minimum absolute atomic E-state index is 0.0173. The molecule has 0 bridgehead atoms. The predicted molar refractivity (Wildman–Crippen MR) is 74.3 cm³/mol. The number of amides is 1. The molecule has 1 aliphatic heterocycles. The monoisotopic (exact) mass is 360 g/mol. The van der Waals surface area contributed by atoms with Gasteiger partial charge in [0.2, 0.25) is 0 Å². The van der Waals surface area contributed by atoms with E-state index >= 15 is 0 Å². The van der Waals surface area contributed by atoms with Crippen molar-refractivity contribution >= 4 is 37.8 Å². The molecule has 1 aromatic rings. The molecule has 2 rings (SSSR count). The van der Waals surface area contributed by atoms with E-state index in [1.807, 2.05) is 17.0 Å². The highest BCUT2D eigenvalue weighted by Crippen LogP contribution is 2.25. The molecule has 2 heterocycles. The number of rotatable bonds is 1. The number of piperidine rings is 1. The van der Waals surface area contributed by atoms with Gasteiger partial charge in [-0.2, -0.15) is 0 Å². The molecule has 1 aliphatic rings. The molecule has 2 unspecified atom stereocenters. The number of nitrogens with zero attached hydrogens (tertiary/aromatic N) is 2. The van der Waals surface area contributed by atoms with Crippen molar-refractivity contribution in [2.24, 2.45) is 5.92 Å². The van der Waals surface area contributed by atoms with Gasteiger partial charge in [0.05, 0.1) is 0 Å². The van der Waals surface area contributed by atoms with Gasteiger partial charge in [-0.25, -0.2) is 4.98 Å². The third-order valence-corrected chi connectivity index (χ3v) is 5.05. The molecule has 1 amide bonds. The standard InChI is InChI=1S/C12H14Br2N2O/c1-8-7-16(6-4-9(8)13)12(17)11-10(14)3-2-5-15-11/h2-3,5,8-9H,4,6-7H2,1H3. The van der Waals surface area contributed by atoms with Crippen molar-refractivity contribution in [2.75, 3.05) is 13.1 Å². The molecule has 0 aromatic carbocycles. The molecule has 5 heteroatoms. The molecule has 1 aromatic heterocycles. The molecule has 92 valence electrons. The topological polar surface area (TPSA) is 33.2 Å². The van der Waals surface area contributed by atoms with Crippen LogP contribution in [0.15, 0.2) is 22.8 Å². The Morgan fingerprint density at radius 1 is 1.59 bits per heavy atom. The molecular formula is C12H14Br2N2O. The Morgan fingerprint density at radius 3 is 3.00 bits per heavy atom. The number of carbonyl (C=O) groups is 1. The zero-order valence-corrected chi connectivity index (χ0v) is 12.7.